The molecule has 0 radical (unpaired) electrons. The Hall–Kier alpha value is -3.00. The molecule has 2 aromatic rings. The van der Waals surface area contributed by atoms with Gasteiger partial charge in [0.05, 0.1) is 0 Å². The Labute approximate surface area is 143 Å². The Balaban J connectivity index is 1.90. The van der Waals surface area contributed by atoms with Gasteiger partial charge in [0.15, 0.2) is 0 Å². The number of halogens is 2. The van der Waals surface area contributed by atoms with Crippen LogP contribution >= 0.6 is 0 Å². The summed E-state index contributed by atoms with van der Waals surface area (Å²) in [5, 5.41) is 0. The normalized spacial score (nSPS) is 11.8. The molecule has 0 atom stereocenters. The molecule has 0 aromatic heterocycles. The molecular formula is C17H14F2N2O3S. The smallest absolute Gasteiger partial charge is 0.273 e. The van der Waals surface area contributed by atoms with Crippen molar-refractivity contribution in [1.29, 1.82) is 0 Å². The first-order chi connectivity index (χ1) is 11.8. The highest BCUT2D eigenvalue weighted by molar-refractivity contribution is 7.88. The van der Waals surface area contributed by atoms with Gasteiger partial charge >= 0.3 is 10.2 Å². The number of benzene rings is 2. The van der Waals surface area contributed by atoms with E-state index in [1.165, 1.54) is 60.7 Å². The number of hydrogen-bond acceptors (Lipinski definition) is 3. The second kappa shape index (κ2) is 8.20. The second-order valence-corrected chi connectivity index (χ2v) is 6.30. The third-order valence-corrected chi connectivity index (χ3v) is 3.82. The number of amides is 1. The highest BCUT2D eigenvalue weighted by Crippen LogP contribution is 2.05. The molecular weight excluding hydrogens is 350 g/mol. The molecule has 1 amide bonds. The summed E-state index contributed by atoms with van der Waals surface area (Å²) in [6.45, 7) is 0. The molecule has 130 valence electrons. The fraction of sp³-hybridized carbons (Fsp3) is 0. The Bertz CT molecular complexity index is 890. The summed E-state index contributed by atoms with van der Waals surface area (Å²) in [4.78, 5) is 11.6. The predicted molar refractivity (Wildman–Crippen MR) is 91.1 cm³/mol. The van der Waals surface area contributed by atoms with Crippen molar-refractivity contribution in [3.8, 4) is 0 Å². The van der Waals surface area contributed by atoms with Crippen molar-refractivity contribution in [2.75, 3.05) is 0 Å². The maximum atomic E-state index is 12.8. The number of carbonyl (C=O) groups is 1. The summed E-state index contributed by atoms with van der Waals surface area (Å²) < 4.78 is 52.7. The maximum Gasteiger partial charge on any atom is 0.323 e. The van der Waals surface area contributed by atoms with E-state index in [1.54, 1.807) is 4.72 Å². The average molecular weight is 364 g/mol. The van der Waals surface area contributed by atoms with Gasteiger partial charge in [-0.15, -0.1) is 0 Å². The van der Waals surface area contributed by atoms with Crippen molar-refractivity contribution >= 4 is 28.3 Å². The molecule has 2 aromatic carbocycles. The SMILES string of the molecule is O=C(/C=C/c1ccc(F)cc1)NS(=O)(=O)N/C=C\c1ccc(F)cc1. The molecule has 2 N–H and O–H groups in total. The lowest BCUT2D eigenvalue weighted by Crippen LogP contribution is -2.36. The van der Waals surface area contributed by atoms with Crippen LogP contribution in [0, 0.1) is 11.6 Å². The molecule has 0 fully saturated rings. The van der Waals surface area contributed by atoms with Crippen LogP contribution in [0.4, 0.5) is 8.78 Å². The van der Waals surface area contributed by atoms with Gasteiger partial charge in [0.2, 0.25) is 0 Å². The van der Waals surface area contributed by atoms with Crippen LogP contribution in [0.1, 0.15) is 11.1 Å². The van der Waals surface area contributed by atoms with Crippen molar-refractivity contribution in [2.45, 2.75) is 0 Å². The van der Waals surface area contributed by atoms with Crippen LogP contribution in [0.2, 0.25) is 0 Å². The summed E-state index contributed by atoms with van der Waals surface area (Å²) >= 11 is 0. The Kier molecular flexibility index (Phi) is 6.02. The fourth-order valence-corrected chi connectivity index (χ4v) is 2.37. The summed E-state index contributed by atoms with van der Waals surface area (Å²) in [7, 11) is -4.09. The molecule has 0 unspecified atom stereocenters. The molecule has 25 heavy (non-hydrogen) atoms. The van der Waals surface area contributed by atoms with Gasteiger partial charge in [-0.3, -0.25) is 9.52 Å². The zero-order valence-corrected chi connectivity index (χ0v) is 13.6. The van der Waals surface area contributed by atoms with E-state index in [0.717, 1.165) is 12.3 Å². The highest BCUT2D eigenvalue weighted by atomic mass is 32.2. The van der Waals surface area contributed by atoms with Gasteiger partial charge < -0.3 is 0 Å². The summed E-state index contributed by atoms with van der Waals surface area (Å²) in [5.41, 5.74) is 1.12. The van der Waals surface area contributed by atoms with Gasteiger partial charge in [0, 0.05) is 12.3 Å². The minimum atomic E-state index is -4.09. The molecule has 0 heterocycles. The Morgan fingerprint density at radius 1 is 0.840 bits per heavy atom. The minimum Gasteiger partial charge on any atom is -0.273 e. The van der Waals surface area contributed by atoms with E-state index in [9.17, 15) is 22.0 Å². The monoisotopic (exact) mass is 364 g/mol. The molecule has 0 aliphatic heterocycles. The van der Waals surface area contributed by atoms with Crippen molar-refractivity contribution in [3.63, 3.8) is 0 Å². The second-order valence-electron chi connectivity index (χ2n) is 4.86. The van der Waals surface area contributed by atoms with Gasteiger partial charge in [-0.25, -0.2) is 13.5 Å². The molecule has 8 heteroatoms. The molecule has 5 nitrogen and oxygen atoms in total. The molecule has 0 saturated carbocycles. The summed E-state index contributed by atoms with van der Waals surface area (Å²) in [6.07, 6.45) is 4.86. The average Bonchev–Trinajstić information content (AvgIpc) is 2.55. The minimum absolute atomic E-state index is 0.405. The number of nitrogens with one attached hydrogen (secondary N) is 2. The summed E-state index contributed by atoms with van der Waals surface area (Å²) in [6, 6.07) is 10.7. The zero-order valence-electron chi connectivity index (χ0n) is 12.8. The van der Waals surface area contributed by atoms with Crippen molar-refractivity contribution in [3.05, 3.63) is 83.6 Å². The van der Waals surface area contributed by atoms with E-state index in [0.29, 0.717) is 11.1 Å². The van der Waals surface area contributed by atoms with Crippen LogP contribution < -0.4 is 9.44 Å². The van der Waals surface area contributed by atoms with Gasteiger partial charge in [-0.2, -0.15) is 8.42 Å². The maximum absolute atomic E-state index is 12.8. The van der Waals surface area contributed by atoms with Gasteiger partial charge in [0.1, 0.15) is 11.6 Å². The van der Waals surface area contributed by atoms with Gasteiger partial charge in [-0.05, 0) is 47.5 Å². The van der Waals surface area contributed by atoms with Crippen LogP contribution in [0.15, 0.2) is 60.8 Å². The summed E-state index contributed by atoms with van der Waals surface area (Å²) in [5.74, 6) is -1.69. The molecule has 0 bridgehead atoms. The zero-order chi connectivity index (χ0) is 18.3. The van der Waals surface area contributed by atoms with E-state index >= 15 is 0 Å². The van der Waals surface area contributed by atoms with Crippen molar-refractivity contribution in [2.24, 2.45) is 0 Å². The first-order valence-electron chi connectivity index (χ1n) is 7.04. The molecule has 2 rings (SSSR count). The third kappa shape index (κ3) is 6.56. The lowest BCUT2D eigenvalue weighted by molar-refractivity contribution is -0.114. The molecule has 0 aliphatic carbocycles. The van der Waals surface area contributed by atoms with Crippen LogP contribution in [0.5, 0.6) is 0 Å². The fourth-order valence-electron chi connectivity index (χ4n) is 1.74. The van der Waals surface area contributed by atoms with Gasteiger partial charge in [-0.1, -0.05) is 24.3 Å². The van der Waals surface area contributed by atoms with E-state index < -0.39 is 27.8 Å². The first-order valence-corrected chi connectivity index (χ1v) is 8.52. The van der Waals surface area contributed by atoms with Crippen LogP contribution in [-0.4, -0.2) is 14.3 Å². The lowest BCUT2D eigenvalue weighted by atomic mass is 10.2. The van der Waals surface area contributed by atoms with Crippen molar-refractivity contribution in [1.82, 2.24) is 9.44 Å². The standard InChI is InChI=1S/C17H14F2N2O3S/c18-15-6-1-13(2-7-15)5-10-17(22)21-25(23,24)20-12-11-14-3-8-16(19)9-4-14/h1-12,20H,(H,21,22)/b10-5+,12-11-. The van der Waals surface area contributed by atoms with E-state index in [2.05, 4.69) is 0 Å². The van der Waals surface area contributed by atoms with E-state index in [4.69, 9.17) is 0 Å². The highest BCUT2D eigenvalue weighted by Gasteiger charge is 2.09. The molecule has 0 saturated heterocycles. The quantitative estimate of drug-likeness (QED) is 0.774. The van der Waals surface area contributed by atoms with E-state index in [1.807, 2.05) is 4.72 Å². The van der Waals surface area contributed by atoms with Gasteiger partial charge in [0.25, 0.3) is 5.91 Å². The Morgan fingerprint density at radius 2 is 1.32 bits per heavy atom. The molecule has 0 aliphatic rings. The van der Waals surface area contributed by atoms with Crippen LogP contribution in [-0.2, 0) is 15.0 Å². The lowest BCUT2D eigenvalue weighted by Gasteiger charge is -2.03. The number of rotatable bonds is 6. The van der Waals surface area contributed by atoms with Crippen LogP contribution in [0.25, 0.3) is 12.2 Å². The van der Waals surface area contributed by atoms with Crippen LogP contribution in [0.3, 0.4) is 0 Å². The number of carbonyl (C=O) groups excluding carboxylic acids is 1. The largest absolute Gasteiger partial charge is 0.323 e. The Morgan fingerprint density at radius 3 is 1.84 bits per heavy atom. The topological polar surface area (TPSA) is 75.3 Å². The molecule has 0 spiro atoms. The predicted octanol–water partition coefficient (Wildman–Crippen LogP) is 2.60. The first kappa shape index (κ1) is 18.3. The third-order valence-electron chi connectivity index (χ3n) is 2.90. The van der Waals surface area contributed by atoms with E-state index in [-0.39, 0.29) is 0 Å². The van der Waals surface area contributed by atoms with Crippen molar-refractivity contribution < 1.29 is 22.0 Å². The number of hydrogen-bond donors (Lipinski definition) is 2.